The molecule has 0 aliphatic heterocycles. The predicted octanol–water partition coefficient (Wildman–Crippen LogP) is 1.69. The molecule has 4 rings (SSSR count). The Bertz CT molecular complexity index is 864. The first-order chi connectivity index (χ1) is 11.7. The maximum atomic E-state index is 11.1. The molecule has 0 bridgehead atoms. The fourth-order valence-corrected chi connectivity index (χ4v) is 2.89. The van der Waals surface area contributed by atoms with Gasteiger partial charge in [0.15, 0.2) is 5.82 Å². The van der Waals surface area contributed by atoms with E-state index in [1.807, 2.05) is 18.2 Å². The molecule has 2 aromatic heterocycles. The number of carbonyl (C=O) groups excluding carboxylic acids is 1. The van der Waals surface area contributed by atoms with Gasteiger partial charge in [0, 0.05) is 19.2 Å². The molecular formula is C17H17N5O2. The van der Waals surface area contributed by atoms with E-state index in [2.05, 4.69) is 27.4 Å². The molecule has 0 radical (unpaired) electrons. The highest BCUT2D eigenvalue weighted by atomic mass is 16.5. The molecule has 1 aliphatic rings. The third kappa shape index (κ3) is 2.58. The highest BCUT2D eigenvalue weighted by Crippen LogP contribution is 2.52. The van der Waals surface area contributed by atoms with E-state index in [1.54, 1.807) is 10.9 Å². The molecule has 7 heteroatoms. The van der Waals surface area contributed by atoms with Gasteiger partial charge in [0.1, 0.15) is 0 Å². The van der Waals surface area contributed by atoms with Crippen molar-refractivity contribution in [1.82, 2.24) is 19.9 Å². The Kier molecular flexibility index (Phi) is 3.41. The van der Waals surface area contributed by atoms with E-state index < -0.39 is 5.91 Å². The number of amides is 1. The molecule has 2 heterocycles. The van der Waals surface area contributed by atoms with Gasteiger partial charge in [0.05, 0.1) is 17.2 Å². The second-order valence-corrected chi connectivity index (χ2v) is 6.07. The summed E-state index contributed by atoms with van der Waals surface area (Å²) in [5, 5.41) is 8.18. The summed E-state index contributed by atoms with van der Waals surface area (Å²) in [7, 11) is 0. The van der Waals surface area contributed by atoms with E-state index in [1.165, 1.54) is 11.8 Å². The van der Waals surface area contributed by atoms with Gasteiger partial charge in [-0.3, -0.25) is 9.48 Å². The molecule has 2 N–H and O–H groups in total. The van der Waals surface area contributed by atoms with Crippen LogP contribution in [0.2, 0.25) is 0 Å². The monoisotopic (exact) mass is 323 g/mol. The van der Waals surface area contributed by atoms with Crippen molar-refractivity contribution in [3.63, 3.8) is 0 Å². The van der Waals surface area contributed by atoms with E-state index in [9.17, 15) is 4.79 Å². The Morgan fingerprint density at radius 2 is 2.08 bits per heavy atom. The number of aryl methyl sites for hydroxylation is 2. The molecule has 24 heavy (non-hydrogen) atoms. The average molecular weight is 323 g/mol. The van der Waals surface area contributed by atoms with Crippen LogP contribution in [0.3, 0.4) is 0 Å². The van der Waals surface area contributed by atoms with E-state index in [0.717, 1.165) is 12.8 Å². The van der Waals surface area contributed by atoms with Crippen LogP contribution in [0.5, 0.6) is 0 Å². The van der Waals surface area contributed by atoms with Gasteiger partial charge >= 0.3 is 0 Å². The summed E-state index contributed by atoms with van der Waals surface area (Å²) >= 11 is 0. The van der Waals surface area contributed by atoms with Crippen LogP contribution in [-0.4, -0.2) is 25.8 Å². The summed E-state index contributed by atoms with van der Waals surface area (Å²) in [5.41, 5.74) is 6.72. The first-order valence-electron chi connectivity index (χ1n) is 7.88. The lowest BCUT2D eigenvalue weighted by molar-refractivity contribution is 0.1000. The van der Waals surface area contributed by atoms with Gasteiger partial charge in [0.25, 0.3) is 5.91 Å². The van der Waals surface area contributed by atoms with E-state index in [4.69, 9.17) is 10.3 Å². The Balaban J connectivity index is 1.46. The van der Waals surface area contributed by atoms with Crippen molar-refractivity contribution in [1.29, 1.82) is 0 Å². The van der Waals surface area contributed by atoms with Crippen molar-refractivity contribution in [2.75, 3.05) is 0 Å². The number of aromatic nitrogens is 4. The second kappa shape index (κ2) is 5.59. The Hall–Kier alpha value is -2.96. The molecule has 0 spiro atoms. The molecular weight excluding hydrogens is 306 g/mol. The molecule has 0 unspecified atom stereocenters. The number of primary amides is 1. The van der Waals surface area contributed by atoms with Crippen molar-refractivity contribution >= 4 is 5.91 Å². The quantitative estimate of drug-likeness (QED) is 0.744. The van der Waals surface area contributed by atoms with Crippen molar-refractivity contribution in [3.8, 4) is 0 Å². The molecule has 1 aliphatic carbocycles. The van der Waals surface area contributed by atoms with Gasteiger partial charge in [-0.05, 0) is 18.4 Å². The van der Waals surface area contributed by atoms with Crippen molar-refractivity contribution in [2.45, 2.75) is 31.2 Å². The van der Waals surface area contributed by atoms with Crippen LogP contribution >= 0.6 is 0 Å². The van der Waals surface area contributed by atoms with Crippen LogP contribution in [0.1, 0.15) is 40.5 Å². The van der Waals surface area contributed by atoms with Gasteiger partial charge in [-0.15, -0.1) is 0 Å². The Morgan fingerprint density at radius 3 is 2.75 bits per heavy atom. The fraction of sp³-hybridized carbons (Fsp3) is 0.294. The third-order valence-corrected chi connectivity index (χ3v) is 4.44. The summed E-state index contributed by atoms with van der Waals surface area (Å²) in [6.07, 6.45) is 5.71. The van der Waals surface area contributed by atoms with Gasteiger partial charge in [-0.1, -0.05) is 35.5 Å². The minimum Gasteiger partial charge on any atom is -0.366 e. The zero-order valence-electron chi connectivity index (χ0n) is 13.1. The lowest BCUT2D eigenvalue weighted by atomic mass is 9.96. The van der Waals surface area contributed by atoms with Gasteiger partial charge < -0.3 is 10.3 Å². The van der Waals surface area contributed by atoms with Gasteiger partial charge in [-0.25, -0.2) is 0 Å². The molecule has 1 saturated carbocycles. The molecule has 3 aromatic rings. The standard InChI is InChI=1S/C17H17N5O2/c18-15(23)12-10-19-22(11-12)9-6-14-20-16(24-21-14)17(7-8-17)13-4-2-1-3-5-13/h1-5,10-11H,6-9H2,(H2,18,23). The maximum Gasteiger partial charge on any atom is 0.251 e. The fourth-order valence-electron chi connectivity index (χ4n) is 2.89. The lowest BCUT2D eigenvalue weighted by Gasteiger charge is -2.09. The highest BCUT2D eigenvalue weighted by Gasteiger charge is 2.50. The van der Waals surface area contributed by atoms with Crippen molar-refractivity contribution in [2.24, 2.45) is 5.73 Å². The lowest BCUT2D eigenvalue weighted by Crippen LogP contribution is -2.10. The van der Waals surface area contributed by atoms with E-state index in [-0.39, 0.29) is 5.41 Å². The summed E-state index contributed by atoms with van der Waals surface area (Å²) in [5.74, 6) is 0.840. The van der Waals surface area contributed by atoms with E-state index in [0.29, 0.717) is 30.2 Å². The predicted molar refractivity (Wildman–Crippen MR) is 85.2 cm³/mol. The zero-order chi connectivity index (χ0) is 16.6. The third-order valence-electron chi connectivity index (χ3n) is 4.44. The summed E-state index contributed by atoms with van der Waals surface area (Å²) in [6.45, 7) is 0.560. The minimum atomic E-state index is -0.485. The number of rotatable bonds is 6. The van der Waals surface area contributed by atoms with Crippen LogP contribution in [0, 0.1) is 0 Å². The number of nitrogens with zero attached hydrogens (tertiary/aromatic N) is 4. The Morgan fingerprint density at radius 1 is 1.29 bits per heavy atom. The molecule has 0 saturated heterocycles. The van der Waals surface area contributed by atoms with E-state index >= 15 is 0 Å². The molecule has 1 fully saturated rings. The van der Waals surface area contributed by atoms with Crippen LogP contribution in [0.15, 0.2) is 47.2 Å². The molecule has 0 atom stereocenters. The minimum absolute atomic E-state index is 0.114. The Labute approximate surface area is 138 Å². The molecule has 1 aromatic carbocycles. The van der Waals surface area contributed by atoms with Crippen molar-refractivity contribution in [3.05, 3.63) is 65.6 Å². The van der Waals surface area contributed by atoms with Crippen LogP contribution in [-0.2, 0) is 18.4 Å². The first kappa shape index (κ1) is 14.6. The number of benzene rings is 1. The van der Waals surface area contributed by atoms with Crippen LogP contribution < -0.4 is 5.73 Å². The number of carbonyl (C=O) groups is 1. The van der Waals surface area contributed by atoms with Gasteiger partial charge in [-0.2, -0.15) is 10.1 Å². The second-order valence-electron chi connectivity index (χ2n) is 6.07. The SMILES string of the molecule is NC(=O)c1cnn(CCc2noc(C3(c4ccccc4)CC3)n2)c1. The maximum absolute atomic E-state index is 11.1. The number of hydrogen-bond acceptors (Lipinski definition) is 5. The smallest absolute Gasteiger partial charge is 0.251 e. The largest absolute Gasteiger partial charge is 0.366 e. The molecule has 122 valence electrons. The zero-order valence-corrected chi connectivity index (χ0v) is 13.1. The number of hydrogen-bond donors (Lipinski definition) is 1. The topological polar surface area (TPSA) is 99.8 Å². The molecule has 1 amide bonds. The summed E-state index contributed by atoms with van der Waals surface area (Å²) in [4.78, 5) is 15.6. The highest BCUT2D eigenvalue weighted by molar-refractivity contribution is 5.92. The molecule has 7 nitrogen and oxygen atoms in total. The normalized spacial score (nSPS) is 15.3. The number of nitrogens with two attached hydrogens (primary N) is 1. The van der Waals surface area contributed by atoms with Crippen LogP contribution in [0.25, 0.3) is 0 Å². The van der Waals surface area contributed by atoms with Crippen molar-refractivity contribution < 1.29 is 9.32 Å². The van der Waals surface area contributed by atoms with Gasteiger partial charge in [0.2, 0.25) is 5.89 Å². The first-order valence-corrected chi connectivity index (χ1v) is 7.88. The summed E-state index contributed by atoms with van der Waals surface area (Å²) < 4.78 is 7.17. The van der Waals surface area contributed by atoms with Crippen LogP contribution in [0.4, 0.5) is 0 Å². The summed E-state index contributed by atoms with van der Waals surface area (Å²) in [6, 6.07) is 10.3. The average Bonchev–Trinajstić information content (AvgIpc) is 3.05.